The number of carbonyl (C=O) groups excluding carboxylic acids is 2. The second-order valence-corrected chi connectivity index (χ2v) is 16.4. The summed E-state index contributed by atoms with van der Waals surface area (Å²) in [4.78, 5) is 27.4. The van der Waals surface area contributed by atoms with Crippen molar-refractivity contribution < 1.29 is 24.2 Å². The molecule has 0 amide bonds. The maximum absolute atomic E-state index is 13.0. The number of unbranched alkanes of at least 4 members (excludes halogenated alkanes) is 20. The van der Waals surface area contributed by atoms with Crippen molar-refractivity contribution in [3.05, 3.63) is 0 Å². The highest BCUT2D eigenvalue weighted by Gasteiger charge is 2.22. The zero-order chi connectivity index (χ0) is 37.7. The molecule has 0 aliphatic carbocycles. The highest BCUT2D eigenvalue weighted by molar-refractivity contribution is 5.69. The van der Waals surface area contributed by atoms with Gasteiger partial charge in [-0.15, -0.1) is 0 Å². The maximum atomic E-state index is 13.0. The van der Waals surface area contributed by atoms with Gasteiger partial charge in [-0.2, -0.15) is 0 Å². The smallest absolute Gasteiger partial charge is 0.306 e. The lowest BCUT2D eigenvalue weighted by molar-refractivity contribution is -0.150. The van der Waals surface area contributed by atoms with Crippen LogP contribution in [0.4, 0.5) is 0 Å². The summed E-state index contributed by atoms with van der Waals surface area (Å²) in [6.07, 6.45) is 35.5. The topological polar surface area (TPSA) is 76.1 Å². The van der Waals surface area contributed by atoms with Crippen LogP contribution in [0.1, 0.15) is 234 Å². The van der Waals surface area contributed by atoms with Crippen molar-refractivity contribution in [2.24, 2.45) is 5.41 Å². The Balaban J connectivity index is 4.23. The van der Waals surface area contributed by atoms with Crippen LogP contribution in [0.5, 0.6) is 0 Å². The monoisotopic (exact) mass is 724 g/mol. The molecule has 0 aromatic rings. The summed E-state index contributed by atoms with van der Waals surface area (Å²) in [7, 11) is 0. The van der Waals surface area contributed by atoms with Gasteiger partial charge in [0.2, 0.25) is 0 Å². The lowest BCUT2D eigenvalue weighted by Gasteiger charge is -2.27. The Hall–Kier alpha value is -1.14. The van der Waals surface area contributed by atoms with Gasteiger partial charge in [0, 0.05) is 19.4 Å². The van der Waals surface area contributed by atoms with Gasteiger partial charge in [-0.05, 0) is 82.7 Å². The van der Waals surface area contributed by atoms with Crippen LogP contribution in [0.15, 0.2) is 0 Å². The molecule has 51 heavy (non-hydrogen) atoms. The summed E-state index contributed by atoms with van der Waals surface area (Å²) >= 11 is 0. The van der Waals surface area contributed by atoms with Crippen LogP contribution >= 0.6 is 0 Å². The molecule has 0 aliphatic heterocycles. The molecule has 0 aromatic carbocycles. The molecule has 6 heteroatoms. The fraction of sp³-hybridized carbons (Fsp3) is 0.956. The standard InChI is InChI=1S/C45H89NO5/c1-6-9-12-15-18-24-29-41-50-43(48)33-27-22-19-23-28-37-46(39-40-47)38-30-35-45(4,5)36-34-44(49)51-42(31-25-20-16-13-10-7-2)32-26-21-17-14-11-8-3/h42,47H,6-41H2,1-5H3. The van der Waals surface area contributed by atoms with Crippen LogP contribution in [0.25, 0.3) is 0 Å². The van der Waals surface area contributed by atoms with Gasteiger partial charge >= 0.3 is 11.9 Å². The number of rotatable bonds is 40. The van der Waals surface area contributed by atoms with E-state index in [1.54, 1.807) is 0 Å². The van der Waals surface area contributed by atoms with Crippen molar-refractivity contribution in [1.82, 2.24) is 4.90 Å². The third-order valence-electron chi connectivity index (χ3n) is 10.7. The SMILES string of the molecule is CCCCCCCCCOC(=O)CCCCCCCN(CCO)CCCC(C)(C)CCC(=O)OC(CCCCCCCC)CCCCCCCC. The molecular formula is C45H89NO5. The molecule has 0 fully saturated rings. The van der Waals surface area contributed by atoms with Crippen molar-refractivity contribution in [3.8, 4) is 0 Å². The molecule has 6 nitrogen and oxygen atoms in total. The quantitative estimate of drug-likeness (QED) is 0.0501. The molecule has 0 aliphatic rings. The van der Waals surface area contributed by atoms with Crippen molar-refractivity contribution >= 4 is 11.9 Å². The van der Waals surface area contributed by atoms with Crippen molar-refractivity contribution in [1.29, 1.82) is 0 Å². The number of esters is 2. The summed E-state index contributed by atoms with van der Waals surface area (Å²) in [6, 6.07) is 0. The Kier molecular flexibility index (Phi) is 36.4. The molecule has 0 heterocycles. The number of aliphatic hydroxyl groups is 1. The third-order valence-corrected chi connectivity index (χ3v) is 10.7. The van der Waals surface area contributed by atoms with E-state index in [1.165, 1.54) is 109 Å². The molecule has 0 atom stereocenters. The first-order chi connectivity index (χ1) is 24.8. The molecular weight excluding hydrogens is 634 g/mol. The fourth-order valence-electron chi connectivity index (χ4n) is 7.09. The minimum absolute atomic E-state index is 0.00709. The van der Waals surface area contributed by atoms with Crippen LogP contribution in [0.2, 0.25) is 0 Å². The zero-order valence-corrected chi connectivity index (χ0v) is 35.1. The van der Waals surface area contributed by atoms with Crippen molar-refractivity contribution in [2.45, 2.75) is 240 Å². The molecule has 0 saturated carbocycles. The Bertz CT molecular complexity index is 741. The highest BCUT2D eigenvalue weighted by atomic mass is 16.5. The molecule has 304 valence electrons. The summed E-state index contributed by atoms with van der Waals surface area (Å²) in [6.45, 7) is 14.8. The van der Waals surface area contributed by atoms with E-state index in [9.17, 15) is 14.7 Å². The van der Waals surface area contributed by atoms with E-state index in [-0.39, 0.29) is 30.1 Å². The van der Waals surface area contributed by atoms with Crippen LogP contribution < -0.4 is 0 Å². The van der Waals surface area contributed by atoms with Crippen molar-refractivity contribution in [2.75, 3.05) is 32.8 Å². The number of nitrogens with zero attached hydrogens (tertiary/aromatic N) is 1. The predicted octanol–water partition coefficient (Wildman–Crippen LogP) is 12.9. The minimum atomic E-state index is -0.0360. The summed E-state index contributed by atoms with van der Waals surface area (Å²) < 4.78 is 11.5. The first-order valence-corrected chi connectivity index (χ1v) is 22.5. The van der Waals surface area contributed by atoms with Gasteiger partial charge in [0.05, 0.1) is 13.2 Å². The molecule has 0 rings (SSSR count). The van der Waals surface area contributed by atoms with E-state index in [0.29, 0.717) is 19.4 Å². The first-order valence-electron chi connectivity index (χ1n) is 22.5. The Labute approximate surface area is 318 Å². The van der Waals surface area contributed by atoms with Gasteiger partial charge in [0.15, 0.2) is 0 Å². The number of ether oxygens (including phenoxy) is 2. The van der Waals surface area contributed by atoms with Crippen LogP contribution in [-0.2, 0) is 19.1 Å². The minimum Gasteiger partial charge on any atom is -0.466 e. The molecule has 0 aromatic heterocycles. The van der Waals surface area contributed by atoms with Crippen molar-refractivity contribution in [3.63, 3.8) is 0 Å². The summed E-state index contributed by atoms with van der Waals surface area (Å²) in [5, 5.41) is 9.64. The maximum Gasteiger partial charge on any atom is 0.306 e. The van der Waals surface area contributed by atoms with E-state index < -0.39 is 0 Å². The Morgan fingerprint density at radius 2 is 1.00 bits per heavy atom. The number of aliphatic hydroxyl groups excluding tert-OH is 1. The van der Waals surface area contributed by atoms with Gasteiger partial charge in [0.25, 0.3) is 0 Å². The second kappa shape index (κ2) is 37.2. The first kappa shape index (κ1) is 49.9. The van der Waals surface area contributed by atoms with Crippen LogP contribution in [-0.4, -0.2) is 60.9 Å². The zero-order valence-electron chi connectivity index (χ0n) is 35.1. The van der Waals surface area contributed by atoms with Gasteiger partial charge in [-0.3, -0.25) is 9.59 Å². The van der Waals surface area contributed by atoms with Gasteiger partial charge in [0.1, 0.15) is 6.10 Å². The van der Waals surface area contributed by atoms with E-state index in [1.807, 2.05) is 0 Å². The number of hydrogen-bond donors (Lipinski definition) is 1. The molecule has 0 spiro atoms. The normalized spacial score (nSPS) is 11.9. The van der Waals surface area contributed by atoms with E-state index in [0.717, 1.165) is 96.7 Å². The fourth-order valence-corrected chi connectivity index (χ4v) is 7.09. The lowest BCUT2D eigenvalue weighted by Crippen LogP contribution is -2.30. The number of carbonyl (C=O) groups is 2. The van der Waals surface area contributed by atoms with E-state index in [4.69, 9.17) is 9.47 Å². The molecule has 0 bridgehead atoms. The van der Waals surface area contributed by atoms with Crippen LogP contribution in [0, 0.1) is 5.41 Å². The van der Waals surface area contributed by atoms with Crippen LogP contribution in [0.3, 0.4) is 0 Å². The molecule has 0 unspecified atom stereocenters. The van der Waals surface area contributed by atoms with E-state index in [2.05, 4.69) is 39.5 Å². The average Bonchev–Trinajstić information content (AvgIpc) is 3.10. The second-order valence-electron chi connectivity index (χ2n) is 16.4. The van der Waals surface area contributed by atoms with Gasteiger partial charge < -0.3 is 19.5 Å². The van der Waals surface area contributed by atoms with Gasteiger partial charge in [-0.25, -0.2) is 0 Å². The molecule has 0 saturated heterocycles. The Morgan fingerprint density at radius 3 is 1.55 bits per heavy atom. The molecule has 0 radical (unpaired) electrons. The summed E-state index contributed by atoms with van der Waals surface area (Å²) in [5.74, 6) is -0.0431. The largest absolute Gasteiger partial charge is 0.466 e. The highest BCUT2D eigenvalue weighted by Crippen LogP contribution is 2.29. The number of hydrogen-bond acceptors (Lipinski definition) is 6. The Morgan fingerprint density at radius 1 is 0.529 bits per heavy atom. The predicted molar refractivity (Wildman–Crippen MR) is 218 cm³/mol. The third kappa shape index (κ3) is 35.6. The average molecular weight is 724 g/mol. The van der Waals surface area contributed by atoms with E-state index >= 15 is 0 Å². The molecule has 1 N–H and O–H groups in total. The lowest BCUT2D eigenvalue weighted by atomic mass is 9.83. The van der Waals surface area contributed by atoms with Gasteiger partial charge in [-0.1, -0.05) is 157 Å². The summed E-state index contributed by atoms with van der Waals surface area (Å²) in [5.41, 5.74) is 0.0906.